The van der Waals surface area contributed by atoms with Crippen LogP contribution in [0.5, 0.6) is 0 Å². The maximum Gasteiger partial charge on any atom is 0.0453 e. The van der Waals surface area contributed by atoms with Gasteiger partial charge in [-0.15, -0.1) is 0 Å². The first-order valence-electron chi connectivity index (χ1n) is 7.02. The maximum absolute atomic E-state index is 6.26. The summed E-state index contributed by atoms with van der Waals surface area (Å²) in [4.78, 5) is 2.30. The molecule has 0 fully saturated rings. The molecular formula is C17H20BrClN2. The zero-order valence-electron chi connectivity index (χ0n) is 12.3. The van der Waals surface area contributed by atoms with Crippen molar-refractivity contribution < 1.29 is 0 Å². The molecule has 0 aromatic heterocycles. The van der Waals surface area contributed by atoms with Crippen molar-refractivity contribution in [1.29, 1.82) is 0 Å². The maximum atomic E-state index is 6.26. The average Bonchev–Trinajstić information content (AvgIpc) is 2.49. The lowest BCUT2D eigenvalue weighted by atomic mass is 10.1. The van der Waals surface area contributed by atoms with E-state index in [1.165, 1.54) is 5.56 Å². The number of nitrogens with one attached hydrogen (secondary N) is 1. The van der Waals surface area contributed by atoms with Gasteiger partial charge in [0.05, 0.1) is 0 Å². The lowest BCUT2D eigenvalue weighted by Gasteiger charge is -2.26. The van der Waals surface area contributed by atoms with E-state index in [1.54, 1.807) is 0 Å². The zero-order valence-corrected chi connectivity index (χ0v) is 14.7. The van der Waals surface area contributed by atoms with E-state index in [-0.39, 0.29) is 0 Å². The Labute approximate surface area is 140 Å². The van der Waals surface area contributed by atoms with Gasteiger partial charge in [0.2, 0.25) is 0 Å². The average molecular weight is 368 g/mol. The second-order valence-electron chi connectivity index (χ2n) is 5.11. The number of benzene rings is 2. The molecule has 21 heavy (non-hydrogen) atoms. The molecule has 0 aliphatic heterocycles. The van der Waals surface area contributed by atoms with Gasteiger partial charge in [0.25, 0.3) is 0 Å². The summed E-state index contributed by atoms with van der Waals surface area (Å²) in [5.74, 6) is 0. The Hall–Kier alpha value is -1.03. The van der Waals surface area contributed by atoms with E-state index in [2.05, 4.69) is 58.3 Å². The summed E-state index contributed by atoms with van der Waals surface area (Å²) in [6, 6.07) is 16.6. The van der Waals surface area contributed by atoms with Crippen LogP contribution in [-0.4, -0.2) is 25.0 Å². The summed E-state index contributed by atoms with van der Waals surface area (Å²) in [5.41, 5.74) is 2.31. The molecule has 1 atom stereocenters. The second kappa shape index (κ2) is 7.83. The Morgan fingerprint density at radius 2 is 1.81 bits per heavy atom. The standard InChI is InChI=1S/C17H20BrClN2/c1-13(16-5-3-4-6-17(16)19)21(2)12-11-20-15-9-7-14(18)8-10-15/h3-10,13,20H,11-12H2,1-2H3. The van der Waals surface area contributed by atoms with Gasteiger partial charge in [0.15, 0.2) is 0 Å². The molecule has 0 saturated heterocycles. The highest BCUT2D eigenvalue weighted by atomic mass is 79.9. The van der Waals surface area contributed by atoms with Crippen molar-refractivity contribution in [3.05, 3.63) is 63.6 Å². The smallest absolute Gasteiger partial charge is 0.0453 e. The minimum atomic E-state index is 0.297. The van der Waals surface area contributed by atoms with Crippen LogP contribution in [0.2, 0.25) is 5.02 Å². The molecule has 4 heteroatoms. The third-order valence-electron chi connectivity index (χ3n) is 3.65. The molecule has 0 amide bonds. The highest BCUT2D eigenvalue weighted by Crippen LogP contribution is 2.25. The summed E-state index contributed by atoms with van der Waals surface area (Å²) in [5, 5.41) is 4.26. The topological polar surface area (TPSA) is 15.3 Å². The lowest BCUT2D eigenvalue weighted by Crippen LogP contribution is -2.28. The van der Waals surface area contributed by atoms with Crippen LogP contribution >= 0.6 is 27.5 Å². The number of rotatable bonds is 6. The van der Waals surface area contributed by atoms with E-state index in [1.807, 2.05) is 30.3 Å². The SMILES string of the molecule is CC(c1ccccc1Cl)N(C)CCNc1ccc(Br)cc1. The summed E-state index contributed by atoms with van der Waals surface area (Å²) < 4.78 is 1.09. The Balaban J connectivity index is 1.85. The van der Waals surface area contributed by atoms with Crippen molar-refractivity contribution >= 4 is 33.2 Å². The van der Waals surface area contributed by atoms with Crippen molar-refractivity contribution in [2.75, 3.05) is 25.5 Å². The van der Waals surface area contributed by atoms with Gasteiger partial charge in [-0.05, 0) is 49.9 Å². The molecule has 1 N–H and O–H groups in total. The van der Waals surface area contributed by atoms with Gasteiger partial charge in [-0.2, -0.15) is 0 Å². The van der Waals surface area contributed by atoms with Crippen LogP contribution in [0, 0.1) is 0 Å². The van der Waals surface area contributed by atoms with Crippen molar-refractivity contribution in [2.45, 2.75) is 13.0 Å². The third kappa shape index (κ3) is 4.73. The molecule has 2 nitrogen and oxygen atoms in total. The molecule has 0 saturated carbocycles. The molecular weight excluding hydrogens is 348 g/mol. The van der Waals surface area contributed by atoms with Gasteiger partial charge < -0.3 is 5.32 Å². The van der Waals surface area contributed by atoms with E-state index in [0.29, 0.717) is 6.04 Å². The first kappa shape index (κ1) is 16.3. The van der Waals surface area contributed by atoms with Gasteiger partial charge in [0, 0.05) is 34.3 Å². The molecule has 112 valence electrons. The summed E-state index contributed by atoms with van der Waals surface area (Å²) >= 11 is 9.70. The Morgan fingerprint density at radius 1 is 1.14 bits per heavy atom. The molecule has 1 unspecified atom stereocenters. The summed E-state index contributed by atoms with van der Waals surface area (Å²) in [6.45, 7) is 4.02. The van der Waals surface area contributed by atoms with Crippen LogP contribution in [0.4, 0.5) is 5.69 Å². The van der Waals surface area contributed by atoms with E-state index in [0.717, 1.165) is 28.3 Å². The number of hydrogen-bond donors (Lipinski definition) is 1. The third-order valence-corrected chi connectivity index (χ3v) is 4.53. The van der Waals surface area contributed by atoms with Crippen molar-refractivity contribution in [1.82, 2.24) is 4.90 Å². The van der Waals surface area contributed by atoms with Crippen molar-refractivity contribution in [2.24, 2.45) is 0 Å². The van der Waals surface area contributed by atoms with Crippen LogP contribution in [0.3, 0.4) is 0 Å². The fraction of sp³-hybridized carbons (Fsp3) is 0.294. The lowest BCUT2D eigenvalue weighted by molar-refractivity contribution is 0.272. The largest absolute Gasteiger partial charge is 0.384 e. The summed E-state index contributed by atoms with van der Waals surface area (Å²) in [6.07, 6.45) is 0. The van der Waals surface area contributed by atoms with E-state index >= 15 is 0 Å². The fourth-order valence-electron chi connectivity index (χ4n) is 2.19. The molecule has 0 bridgehead atoms. The predicted molar refractivity (Wildman–Crippen MR) is 95.1 cm³/mol. The normalized spacial score (nSPS) is 12.4. The Morgan fingerprint density at radius 3 is 2.48 bits per heavy atom. The number of nitrogens with zero attached hydrogens (tertiary/aromatic N) is 1. The number of halogens is 2. The van der Waals surface area contributed by atoms with Crippen LogP contribution in [0.1, 0.15) is 18.5 Å². The molecule has 2 rings (SSSR count). The number of anilines is 1. The minimum absolute atomic E-state index is 0.297. The van der Waals surface area contributed by atoms with E-state index in [9.17, 15) is 0 Å². The molecule has 0 spiro atoms. The molecule has 0 aliphatic rings. The zero-order chi connectivity index (χ0) is 15.2. The Kier molecular flexibility index (Phi) is 6.09. The highest BCUT2D eigenvalue weighted by Gasteiger charge is 2.13. The monoisotopic (exact) mass is 366 g/mol. The fourth-order valence-corrected chi connectivity index (χ4v) is 2.75. The first-order valence-corrected chi connectivity index (χ1v) is 8.19. The predicted octanol–water partition coefficient (Wildman–Crippen LogP) is 5.21. The van der Waals surface area contributed by atoms with Crippen molar-refractivity contribution in [3.63, 3.8) is 0 Å². The minimum Gasteiger partial charge on any atom is -0.384 e. The van der Waals surface area contributed by atoms with Crippen LogP contribution in [0.15, 0.2) is 53.0 Å². The van der Waals surface area contributed by atoms with Gasteiger partial charge in [-0.25, -0.2) is 0 Å². The Bertz CT molecular complexity index is 571. The number of likely N-dealkylation sites (N-methyl/N-ethyl adjacent to an activating group) is 1. The van der Waals surface area contributed by atoms with Crippen LogP contribution < -0.4 is 5.32 Å². The van der Waals surface area contributed by atoms with Crippen molar-refractivity contribution in [3.8, 4) is 0 Å². The molecule has 2 aromatic rings. The van der Waals surface area contributed by atoms with E-state index in [4.69, 9.17) is 11.6 Å². The van der Waals surface area contributed by atoms with Gasteiger partial charge in [-0.3, -0.25) is 4.90 Å². The molecule has 0 radical (unpaired) electrons. The van der Waals surface area contributed by atoms with Gasteiger partial charge >= 0.3 is 0 Å². The second-order valence-corrected chi connectivity index (χ2v) is 6.43. The van der Waals surface area contributed by atoms with Gasteiger partial charge in [-0.1, -0.05) is 45.7 Å². The van der Waals surface area contributed by atoms with E-state index < -0.39 is 0 Å². The molecule has 0 aliphatic carbocycles. The van der Waals surface area contributed by atoms with Crippen LogP contribution in [0.25, 0.3) is 0 Å². The summed E-state index contributed by atoms with van der Waals surface area (Å²) in [7, 11) is 2.12. The van der Waals surface area contributed by atoms with Crippen LogP contribution in [-0.2, 0) is 0 Å². The quantitative estimate of drug-likeness (QED) is 0.754. The number of hydrogen-bond acceptors (Lipinski definition) is 2. The highest BCUT2D eigenvalue weighted by molar-refractivity contribution is 9.10. The molecule has 2 aromatic carbocycles. The first-order chi connectivity index (χ1) is 10.1. The van der Waals surface area contributed by atoms with Gasteiger partial charge in [0.1, 0.15) is 0 Å². The molecule has 0 heterocycles.